The van der Waals surface area contributed by atoms with Crippen molar-refractivity contribution in [1.29, 1.82) is 0 Å². The number of furan rings is 1. The molecule has 4 aromatic rings. The lowest BCUT2D eigenvalue weighted by molar-refractivity contribution is -0.122. The van der Waals surface area contributed by atoms with Gasteiger partial charge in [-0.2, -0.15) is 0 Å². The highest BCUT2D eigenvalue weighted by atomic mass is 35.5. The third-order valence-corrected chi connectivity index (χ3v) is 5.58. The Morgan fingerprint density at radius 1 is 0.939 bits per heavy atom. The highest BCUT2D eigenvalue weighted by molar-refractivity contribution is 6.33. The normalized spacial score (nSPS) is 11.8. The molecule has 33 heavy (non-hydrogen) atoms. The molecule has 168 valence electrons. The lowest BCUT2D eigenvalue weighted by atomic mass is 10.1. The number of ketones is 1. The number of fused-ring (bicyclic) bond motifs is 1. The van der Waals surface area contributed by atoms with E-state index >= 15 is 0 Å². The first-order valence-electron chi connectivity index (χ1n) is 10.0. The van der Waals surface area contributed by atoms with Crippen LogP contribution in [0.2, 0.25) is 10.0 Å². The van der Waals surface area contributed by atoms with E-state index in [4.69, 9.17) is 37.1 Å². The molecule has 4 rings (SSSR count). The Morgan fingerprint density at radius 3 is 2.39 bits per heavy atom. The van der Waals surface area contributed by atoms with Gasteiger partial charge in [0, 0.05) is 10.9 Å². The Bertz CT molecular complexity index is 1350. The van der Waals surface area contributed by atoms with E-state index in [0.29, 0.717) is 27.5 Å². The first-order chi connectivity index (χ1) is 15.9. The van der Waals surface area contributed by atoms with E-state index in [1.807, 2.05) is 0 Å². The number of rotatable bonds is 7. The van der Waals surface area contributed by atoms with Crippen LogP contribution in [0.25, 0.3) is 11.0 Å². The van der Waals surface area contributed by atoms with Crippen LogP contribution < -0.4 is 14.8 Å². The van der Waals surface area contributed by atoms with Crippen LogP contribution in [0, 0.1) is 0 Å². The van der Waals surface area contributed by atoms with Gasteiger partial charge in [0.25, 0.3) is 5.91 Å². The predicted molar refractivity (Wildman–Crippen MR) is 128 cm³/mol. The van der Waals surface area contributed by atoms with E-state index in [2.05, 4.69) is 5.32 Å². The highest BCUT2D eigenvalue weighted by Crippen LogP contribution is 2.34. The molecule has 0 bridgehead atoms. The van der Waals surface area contributed by atoms with Crippen molar-refractivity contribution >= 4 is 51.5 Å². The summed E-state index contributed by atoms with van der Waals surface area (Å²) >= 11 is 12.3. The van der Waals surface area contributed by atoms with Crippen LogP contribution in [-0.2, 0) is 4.79 Å². The molecule has 3 aromatic carbocycles. The van der Waals surface area contributed by atoms with Crippen LogP contribution in [-0.4, -0.2) is 24.9 Å². The molecule has 1 atom stereocenters. The molecular formula is C25H19Cl2NO5. The van der Waals surface area contributed by atoms with E-state index in [1.54, 1.807) is 67.6 Å². The summed E-state index contributed by atoms with van der Waals surface area (Å²) in [5.74, 6) is -0.107. The van der Waals surface area contributed by atoms with Crippen LogP contribution in [0.3, 0.4) is 0 Å². The van der Waals surface area contributed by atoms with Gasteiger partial charge in [0.1, 0.15) is 17.1 Å². The van der Waals surface area contributed by atoms with Crippen LogP contribution in [0.15, 0.2) is 71.1 Å². The second-order valence-electron chi connectivity index (χ2n) is 7.16. The third-order valence-electron chi connectivity index (χ3n) is 4.97. The average Bonchev–Trinajstić information content (AvgIpc) is 3.18. The summed E-state index contributed by atoms with van der Waals surface area (Å²) in [5, 5.41) is 4.04. The Kier molecular flexibility index (Phi) is 6.58. The van der Waals surface area contributed by atoms with E-state index in [1.165, 1.54) is 13.2 Å². The number of ether oxygens (including phenoxy) is 2. The number of methoxy groups -OCH3 is 1. The van der Waals surface area contributed by atoms with Gasteiger partial charge in [-0.1, -0.05) is 47.5 Å². The zero-order chi connectivity index (χ0) is 23.5. The second kappa shape index (κ2) is 9.57. The van der Waals surface area contributed by atoms with Gasteiger partial charge in [-0.25, -0.2) is 0 Å². The zero-order valence-corrected chi connectivity index (χ0v) is 19.2. The molecule has 1 heterocycles. The number of carbonyl (C=O) groups is 2. The Hall–Kier alpha value is -3.48. The maximum atomic E-state index is 13.3. The molecule has 0 spiro atoms. The largest absolute Gasteiger partial charge is 0.495 e. The minimum atomic E-state index is -0.892. The van der Waals surface area contributed by atoms with Crippen LogP contribution in [0.4, 0.5) is 5.69 Å². The van der Waals surface area contributed by atoms with Gasteiger partial charge in [-0.15, -0.1) is 0 Å². The van der Waals surface area contributed by atoms with Gasteiger partial charge in [-0.3, -0.25) is 9.59 Å². The lowest BCUT2D eigenvalue weighted by Crippen LogP contribution is -2.30. The minimum absolute atomic E-state index is 0.0178. The monoisotopic (exact) mass is 483 g/mol. The Morgan fingerprint density at radius 2 is 1.67 bits per heavy atom. The van der Waals surface area contributed by atoms with Gasteiger partial charge in [-0.05, 0) is 49.4 Å². The van der Waals surface area contributed by atoms with E-state index in [-0.39, 0.29) is 22.0 Å². The molecule has 6 nitrogen and oxygen atoms in total. The molecule has 1 unspecified atom stereocenters. The number of hydrogen-bond donors (Lipinski definition) is 1. The summed E-state index contributed by atoms with van der Waals surface area (Å²) < 4.78 is 16.7. The second-order valence-corrected chi connectivity index (χ2v) is 7.97. The van der Waals surface area contributed by atoms with Crippen molar-refractivity contribution in [3.63, 3.8) is 0 Å². The lowest BCUT2D eigenvalue weighted by Gasteiger charge is -2.15. The standard InChI is InChI=1S/C25H19Cl2NO5/c1-14(32-21-10-6-4-8-17(21)26)25(30)28-22-16-7-3-5-9-19(16)33-24(22)23(29)15-11-12-20(31-2)18(27)13-15/h3-14H,1-2H3,(H,28,30). The van der Waals surface area contributed by atoms with Gasteiger partial charge < -0.3 is 19.2 Å². The number of amides is 1. The summed E-state index contributed by atoms with van der Waals surface area (Å²) in [6, 6.07) is 18.6. The maximum Gasteiger partial charge on any atom is 0.265 e. The number of para-hydroxylation sites is 2. The number of carbonyl (C=O) groups excluding carboxylic acids is 2. The predicted octanol–water partition coefficient (Wildman–Crippen LogP) is 6.39. The number of benzene rings is 3. The third kappa shape index (κ3) is 4.67. The van der Waals surface area contributed by atoms with Crippen LogP contribution in [0.1, 0.15) is 23.0 Å². The fourth-order valence-corrected chi connectivity index (χ4v) is 3.72. The molecular weight excluding hydrogens is 465 g/mol. The van der Waals surface area contributed by atoms with Crippen molar-refractivity contribution in [3.05, 3.63) is 88.1 Å². The summed E-state index contributed by atoms with van der Waals surface area (Å²) in [6.07, 6.45) is -0.892. The smallest absolute Gasteiger partial charge is 0.265 e. The molecule has 1 aromatic heterocycles. The van der Waals surface area contributed by atoms with Crippen molar-refractivity contribution in [3.8, 4) is 11.5 Å². The van der Waals surface area contributed by atoms with Gasteiger partial charge in [0.2, 0.25) is 5.78 Å². The van der Waals surface area contributed by atoms with Crippen LogP contribution >= 0.6 is 23.2 Å². The highest BCUT2D eigenvalue weighted by Gasteiger charge is 2.26. The average molecular weight is 484 g/mol. The summed E-state index contributed by atoms with van der Waals surface area (Å²) in [4.78, 5) is 26.2. The molecule has 8 heteroatoms. The first kappa shape index (κ1) is 22.7. The SMILES string of the molecule is COc1ccc(C(=O)c2oc3ccccc3c2NC(=O)C(C)Oc2ccccc2Cl)cc1Cl. The first-order valence-corrected chi connectivity index (χ1v) is 10.8. The number of anilines is 1. The Labute approximate surface area is 200 Å². The molecule has 0 aliphatic rings. The molecule has 0 aliphatic carbocycles. The van der Waals surface area contributed by atoms with Crippen molar-refractivity contribution < 1.29 is 23.5 Å². The summed E-state index contributed by atoms with van der Waals surface area (Å²) in [7, 11) is 1.49. The number of nitrogens with one attached hydrogen (secondary N) is 1. The molecule has 0 saturated heterocycles. The topological polar surface area (TPSA) is 77.8 Å². The van der Waals surface area contributed by atoms with Crippen molar-refractivity contribution in [1.82, 2.24) is 0 Å². The number of hydrogen-bond acceptors (Lipinski definition) is 5. The quantitative estimate of drug-likeness (QED) is 0.308. The summed E-state index contributed by atoms with van der Waals surface area (Å²) in [6.45, 7) is 1.59. The Balaban J connectivity index is 1.66. The van der Waals surface area contributed by atoms with Gasteiger partial charge in [0.05, 0.1) is 22.8 Å². The van der Waals surface area contributed by atoms with Crippen LogP contribution in [0.5, 0.6) is 11.5 Å². The maximum absolute atomic E-state index is 13.3. The molecule has 1 amide bonds. The number of halogens is 2. The van der Waals surface area contributed by atoms with E-state index in [0.717, 1.165) is 0 Å². The fraction of sp³-hybridized carbons (Fsp3) is 0.120. The van der Waals surface area contributed by atoms with E-state index < -0.39 is 17.8 Å². The van der Waals surface area contributed by atoms with Gasteiger partial charge >= 0.3 is 0 Å². The molecule has 0 aliphatic heterocycles. The molecule has 1 N–H and O–H groups in total. The van der Waals surface area contributed by atoms with Gasteiger partial charge in [0.15, 0.2) is 11.9 Å². The molecule has 0 radical (unpaired) electrons. The minimum Gasteiger partial charge on any atom is -0.495 e. The van der Waals surface area contributed by atoms with E-state index in [9.17, 15) is 9.59 Å². The fourth-order valence-electron chi connectivity index (χ4n) is 3.28. The van der Waals surface area contributed by atoms with Crippen molar-refractivity contribution in [2.24, 2.45) is 0 Å². The zero-order valence-electron chi connectivity index (χ0n) is 17.7. The summed E-state index contributed by atoms with van der Waals surface area (Å²) in [5.41, 5.74) is 0.994. The molecule has 0 saturated carbocycles. The molecule has 0 fully saturated rings. The van der Waals surface area contributed by atoms with Crippen molar-refractivity contribution in [2.45, 2.75) is 13.0 Å². The van der Waals surface area contributed by atoms with Crippen molar-refractivity contribution in [2.75, 3.05) is 12.4 Å².